The van der Waals surface area contributed by atoms with E-state index in [0.29, 0.717) is 53.7 Å². The van der Waals surface area contributed by atoms with Crippen LogP contribution in [-0.2, 0) is 59.4 Å². The Kier molecular flexibility index (Phi) is 40.9. The van der Waals surface area contributed by atoms with Crippen LogP contribution in [0.25, 0.3) is 0 Å². The van der Waals surface area contributed by atoms with Crippen LogP contribution in [0, 0.1) is 17.8 Å². The molecule has 0 bridgehead atoms. The summed E-state index contributed by atoms with van der Waals surface area (Å²) in [5.74, 6) is 5.51. The van der Waals surface area contributed by atoms with Gasteiger partial charge in [-0.3, -0.25) is 33.1 Å². The minimum Gasteiger partial charge on any atom is -0.391 e. The van der Waals surface area contributed by atoms with E-state index in [-0.39, 0.29) is 71.0 Å². The van der Waals surface area contributed by atoms with Gasteiger partial charge in [-0.1, -0.05) is 45.7 Å². The van der Waals surface area contributed by atoms with Crippen LogP contribution in [0.15, 0.2) is 144 Å². The number of ether oxygens (including phenoxy) is 7. The van der Waals surface area contributed by atoms with Crippen molar-refractivity contribution in [2.75, 3.05) is 131 Å². The summed E-state index contributed by atoms with van der Waals surface area (Å²) >= 11 is 4.99. The van der Waals surface area contributed by atoms with E-state index >= 15 is 0 Å². The van der Waals surface area contributed by atoms with Crippen molar-refractivity contribution < 1.29 is 109 Å². The summed E-state index contributed by atoms with van der Waals surface area (Å²) in [4.78, 5) is 76.0. The third kappa shape index (κ3) is 32.0. The Balaban J connectivity index is 0.000000218. The number of hydrogen-bond donors (Lipinski definition) is 17. The Morgan fingerprint density at radius 3 is 1.23 bits per heavy atom. The minimum absolute atomic E-state index is 0.0577. The van der Waals surface area contributed by atoms with Gasteiger partial charge in [0.2, 0.25) is 0 Å². The second kappa shape index (κ2) is 47.9. The molecule has 0 radical (unpaired) electrons. The monoisotopic (exact) mass is 2000 g/mol. The van der Waals surface area contributed by atoms with Crippen LogP contribution in [-0.4, -0.2) is 417 Å². The topological polar surface area (TPSA) is 485 Å². The second-order valence-corrected chi connectivity index (χ2v) is 65.1. The van der Waals surface area contributed by atoms with Crippen LogP contribution >= 0.6 is 53.5 Å². The van der Waals surface area contributed by atoms with Crippen LogP contribution in [0.5, 0.6) is 0 Å². The first-order chi connectivity index (χ1) is 61.5. The molecule has 0 aliphatic carbocycles. The van der Waals surface area contributed by atoms with Crippen LogP contribution in [0.4, 0.5) is 0 Å². The largest absolute Gasteiger partial charge is 0.391 e. The molecule has 17 N–H and O–H groups in total. The molecule has 12 rings (SSSR count). The lowest BCUT2D eigenvalue weighted by atomic mass is 9.99. The molecule has 11 aliphatic rings. The Bertz CT molecular complexity index is 5110. The van der Waals surface area contributed by atoms with Crippen LogP contribution in [0.1, 0.15) is 58.6 Å². The van der Waals surface area contributed by atoms with Crippen molar-refractivity contribution in [3.8, 4) is 11.8 Å². The third-order valence-corrected chi connectivity index (χ3v) is 32.3. The molecule has 133 heavy (non-hydrogen) atoms. The summed E-state index contributed by atoms with van der Waals surface area (Å²) in [6.45, 7) is 40.5. The Labute approximate surface area is 788 Å². The van der Waals surface area contributed by atoms with Crippen molar-refractivity contribution in [2.24, 2.45) is 13.0 Å². The summed E-state index contributed by atoms with van der Waals surface area (Å²) in [7, 11) is 2.89. The number of methoxy groups -OCH3 is 1. The SMILES string of the molecule is C=C1NC(=O)C(C#CC)=CN1[C@@H]1O[C@H](CCP(=C)(C)C)[C@@H](O)[C@H]1O.C=C1NC(=O)C(CO)=CN1[C@@H]1O[C@H](CCP(=C)(C)C)[C@@H](O)[C@H]1O.C=C1NC(=O)C=CN1[C@@H]1O[C@H](CCP(=C)(C)C)[C@@H](O)[C@H]1C.C=C1NC(=O)C=CN1[C@@H]1O[C@H](CCP(=C)(C)C)[C@@H](O)[C@H]1OC.C=C1NC(=S)NC=C1[C@@H]1O[C@H](CCP(=C)(C)C)[C@@H](O)[C@H]1O.C=P(C)(C)CC[C@H]1O[C@@H](n2ccc(=O)n(C)c2=O)[C@H](O)[C@@H]1O. The zero-order chi connectivity index (χ0) is 100. The fourth-order valence-electron chi connectivity index (χ4n) is 15.5. The molecule has 1 aromatic rings. The van der Waals surface area contributed by atoms with Crippen LogP contribution in [0.2, 0.25) is 0 Å². The summed E-state index contributed by atoms with van der Waals surface area (Å²) in [5, 5.41) is 129. The molecule has 6 fully saturated rings. The van der Waals surface area contributed by atoms with Gasteiger partial charge in [0.1, 0.15) is 102 Å². The van der Waals surface area contributed by atoms with E-state index in [9.17, 15) is 84.9 Å². The normalized spacial score (nSPS) is 31.8. The van der Waals surface area contributed by atoms with Crippen molar-refractivity contribution in [3.63, 3.8) is 0 Å². The van der Waals surface area contributed by atoms with Gasteiger partial charge < -0.3 is 141 Å². The first-order valence-electron chi connectivity index (χ1n) is 43.5. The quantitative estimate of drug-likeness (QED) is 0.0352. The fourth-order valence-corrected chi connectivity index (χ4v) is 21.4. The number of nitrogens with one attached hydrogen (secondary N) is 6. The molecule has 36 nitrogen and oxygen atoms in total. The number of aliphatic hydroxyl groups is 11. The molecular formula is C90H146N12O24P6S. The number of amides is 4. The Hall–Kier alpha value is -6.51. The van der Waals surface area contributed by atoms with Crippen LogP contribution in [0.3, 0.4) is 0 Å². The smallest absolute Gasteiger partial charge is 0.332 e. The molecule has 0 spiro atoms. The summed E-state index contributed by atoms with van der Waals surface area (Å²) < 4.78 is 42.7. The maximum Gasteiger partial charge on any atom is 0.332 e. The number of hydrogen-bond acceptors (Lipinski definition) is 29. The molecule has 0 unspecified atom stereocenters. The Morgan fingerprint density at radius 1 is 0.459 bits per heavy atom. The highest BCUT2D eigenvalue weighted by Crippen LogP contribution is 2.46. The molecule has 4 amide bonds. The highest BCUT2D eigenvalue weighted by atomic mass is 32.1. The fraction of sp³-hybridized carbons (Fsp3) is 0.589. The van der Waals surface area contributed by atoms with E-state index in [1.165, 1.54) is 53.7 Å². The van der Waals surface area contributed by atoms with Crippen molar-refractivity contribution in [1.82, 2.24) is 60.6 Å². The highest BCUT2D eigenvalue weighted by Gasteiger charge is 2.52. The maximum absolute atomic E-state index is 12.1. The average Bonchev–Trinajstić information content (AvgIpc) is 1.66. The first-order valence-corrected chi connectivity index (χ1v) is 62.2. The van der Waals surface area contributed by atoms with Crippen molar-refractivity contribution in [3.05, 3.63) is 155 Å². The molecule has 12 heterocycles. The number of aromatic nitrogens is 2. The van der Waals surface area contributed by atoms with Crippen molar-refractivity contribution >= 4 is 120 Å². The lowest BCUT2D eigenvalue weighted by Gasteiger charge is -2.34. The molecule has 1 aromatic heterocycles. The number of thiocarbonyl (C=S) groups is 1. The number of carbonyl (C=O) groups excluding carboxylic acids is 4. The van der Waals surface area contributed by atoms with Crippen molar-refractivity contribution in [1.29, 1.82) is 0 Å². The molecule has 746 valence electrons. The van der Waals surface area contributed by atoms with E-state index in [1.54, 1.807) is 42.4 Å². The molecule has 0 aromatic carbocycles. The van der Waals surface area contributed by atoms with Gasteiger partial charge in [-0.05, 0) is 175 Å². The van der Waals surface area contributed by atoms with Gasteiger partial charge in [0.25, 0.3) is 29.2 Å². The van der Waals surface area contributed by atoms with E-state index < -0.39 is 182 Å². The zero-order valence-electron chi connectivity index (χ0n) is 79.5. The van der Waals surface area contributed by atoms with Gasteiger partial charge >= 0.3 is 5.69 Å². The summed E-state index contributed by atoms with van der Waals surface area (Å²) in [5.41, 5.74) is 0.630. The molecular weight excluding hydrogens is 1850 g/mol. The van der Waals surface area contributed by atoms with E-state index in [0.717, 1.165) is 58.9 Å². The van der Waals surface area contributed by atoms with Gasteiger partial charge in [0.05, 0.1) is 54.9 Å². The Morgan fingerprint density at radius 2 is 0.820 bits per heavy atom. The molecule has 6 saturated heterocycles. The minimum atomic E-state index is -1.27. The molecule has 0 saturated carbocycles. The molecule has 24 atom stereocenters. The summed E-state index contributed by atoms with van der Waals surface area (Å²) in [6, 6.07) is 1.22. The van der Waals surface area contributed by atoms with E-state index in [1.807, 2.05) is 6.92 Å². The standard InChI is InChI=1S/C17H25N2O4P.C15H25N2O5P.C15H25N2O4P.C15H25N2O3P.C14H23N2O5P.C14H23N2O3PS/c1-6-7-12-10-19(11(2)18-16(12)22)17-15(21)14(20)13(23-17)8-9-24(3,4)5;1-9-16-14(21)10(8-18)7-17(9)15-13(20)12(19)11(22-15)5-6-23(2,3)4;1-10-16-12(18)6-8-17(10)15-14(20-2)13(19)11(21-15)7-9-22(3,4)5;1-10-14(19)12(7-9-21(3,4)5)20-15(10)17-8-6-13(18)16-11(17)2;1-15-10(17)5-7-16(14(15)20)13-12(19)11(18)9(21-13)6-8-22(2,3)4;1-8-9(7-15-14(21)16-8)13-12(18)11(17)10(19-13)5-6-20(2,3)4/h10,13-15,17,20-21H,2-3,8-9H2,1,4-5H3,(H,18,22);7,11-13,15,18-20H,1-2,5-6,8H2,3-4H3,(H,16,21);6,8,11,13-15,19H,1,3,7,9H2,2,4-5H3,(H,16,18);6,8,10,12,14-15,19H,2-3,7,9H2,1,4-5H3,(H,16,18);5,7,9,11-13,18-19H,2,6,8H2,1,3-4H3;7,10-13,17-18H,1-2,5-6H2,3-4H3,(H2,15,16,21)/t13-,14-,15-,17-;11-,12-,13-,15-;11-,13-,14-,15-;10-,12-,14+,15-;9-,11-,12-,13-;10-,11-,12-,13+/m111111/s1. The summed E-state index contributed by atoms with van der Waals surface area (Å²) in [6.07, 6.45) is 29.5. The average molecular weight is 2000 g/mol. The lowest BCUT2D eigenvalue weighted by Crippen LogP contribution is -2.48. The van der Waals surface area contributed by atoms with Gasteiger partial charge in [-0.25, -0.2) is 4.79 Å². The predicted octanol–water partition coefficient (Wildman–Crippen LogP) is 1.20. The third-order valence-electron chi connectivity index (χ3n) is 23.2. The van der Waals surface area contributed by atoms with Crippen LogP contribution < -0.4 is 43.1 Å². The van der Waals surface area contributed by atoms with Gasteiger partial charge in [-0.15, -0.1) is 85.0 Å². The van der Waals surface area contributed by atoms with Gasteiger partial charge in [0, 0.05) is 86.8 Å². The first kappa shape index (κ1) is 113. The lowest BCUT2D eigenvalue weighted by molar-refractivity contribution is -0.120. The molecule has 43 heteroatoms. The highest BCUT2D eigenvalue weighted by molar-refractivity contribution is 7.80. The van der Waals surface area contributed by atoms with Gasteiger partial charge in [0.15, 0.2) is 30.0 Å². The second-order valence-electron chi connectivity index (χ2n) is 38.8. The zero-order valence-corrected chi connectivity index (χ0v) is 85.7. The number of nitrogens with zero attached hydrogens (tertiary/aromatic N) is 6. The van der Waals surface area contributed by atoms with E-state index in [2.05, 4.69) is 194 Å². The maximum atomic E-state index is 12.1. The van der Waals surface area contributed by atoms with Gasteiger partial charge in [-0.2, -0.15) is 0 Å². The number of aliphatic hydroxyl groups excluding tert-OH is 11. The van der Waals surface area contributed by atoms with E-state index in [4.69, 9.17) is 45.4 Å². The predicted molar refractivity (Wildman–Crippen MR) is 543 cm³/mol. The number of carbonyl (C=O) groups is 4. The number of rotatable bonds is 26. The molecule has 11 aliphatic heterocycles. The van der Waals surface area contributed by atoms with Crippen molar-refractivity contribution in [2.45, 2.75) is 193 Å².